The number of aryl methyl sites for hydroxylation is 1. The molecule has 8 heteroatoms. The lowest BCUT2D eigenvalue weighted by atomic mass is 10.1. The van der Waals surface area contributed by atoms with Crippen LogP contribution in [0.1, 0.15) is 53.9 Å². The van der Waals surface area contributed by atoms with Gasteiger partial charge in [0.15, 0.2) is 11.6 Å². The van der Waals surface area contributed by atoms with Gasteiger partial charge in [-0.1, -0.05) is 31.5 Å². The van der Waals surface area contributed by atoms with Gasteiger partial charge in [0.25, 0.3) is 5.91 Å². The number of benzene rings is 1. The zero-order valence-corrected chi connectivity index (χ0v) is 17.1. The van der Waals surface area contributed by atoms with Gasteiger partial charge in [0.2, 0.25) is 5.91 Å². The van der Waals surface area contributed by atoms with Crippen molar-refractivity contribution in [3.8, 4) is 0 Å². The van der Waals surface area contributed by atoms with E-state index in [1.165, 1.54) is 0 Å². The molecule has 8 nitrogen and oxygen atoms in total. The Morgan fingerprint density at radius 1 is 1.21 bits per heavy atom. The fourth-order valence-corrected chi connectivity index (χ4v) is 4.21. The van der Waals surface area contributed by atoms with Crippen molar-refractivity contribution in [2.45, 2.75) is 52.4 Å². The number of aliphatic hydroxyl groups is 1. The van der Waals surface area contributed by atoms with Gasteiger partial charge in [-0.05, 0) is 19.1 Å². The number of hydrogen-bond donors (Lipinski definition) is 1. The Hall–Kier alpha value is -2.74. The van der Waals surface area contributed by atoms with E-state index in [1.54, 1.807) is 15.9 Å². The summed E-state index contributed by atoms with van der Waals surface area (Å²) in [7, 11) is 0. The molecule has 2 atom stereocenters. The van der Waals surface area contributed by atoms with Crippen LogP contribution in [0, 0.1) is 12.8 Å². The van der Waals surface area contributed by atoms with Crippen molar-refractivity contribution in [1.82, 2.24) is 24.6 Å². The summed E-state index contributed by atoms with van der Waals surface area (Å²) in [6.07, 6.45) is -0.158. The third-order valence-electron chi connectivity index (χ3n) is 5.69. The smallest absolute Gasteiger partial charge is 0.254 e. The van der Waals surface area contributed by atoms with Crippen LogP contribution in [0.25, 0.3) is 0 Å². The Balaban J connectivity index is 1.60. The normalized spacial score (nSPS) is 21.6. The minimum Gasteiger partial charge on any atom is -0.391 e. The quantitative estimate of drug-likeness (QED) is 0.848. The lowest BCUT2D eigenvalue weighted by molar-refractivity contribution is -0.136. The summed E-state index contributed by atoms with van der Waals surface area (Å²) in [5, 5.41) is 19.0. The monoisotopic (exact) mass is 397 g/mol. The van der Waals surface area contributed by atoms with Crippen molar-refractivity contribution in [2.24, 2.45) is 5.92 Å². The number of likely N-dealkylation sites (tertiary alicyclic amines) is 1. The maximum atomic E-state index is 13.1. The highest BCUT2D eigenvalue weighted by Gasteiger charge is 2.40. The Bertz CT molecular complexity index is 938. The number of carbonyl (C=O) groups excluding carboxylic acids is 2. The van der Waals surface area contributed by atoms with E-state index in [1.807, 2.05) is 43.5 Å². The number of amides is 2. The number of carbonyl (C=O) groups is 2. The van der Waals surface area contributed by atoms with Crippen LogP contribution in [0.3, 0.4) is 0 Å². The van der Waals surface area contributed by atoms with Gasteiger partial charge in [0.05, 0.1) is 18.7 Å². The first-order chi connectivity index (χ1) is 13.8. The molecule has 1 aromatic carbocycles. The molecular formula is C21H27N5O3. The predicted octanol–water partition coefficient (Wildman–Crippen LogP) is 1.53. The average molecular weight is 397 g/mol. The van der Waals surface area contributed by atoms with Crippen LogP contribution in [-0.2, 0) is 17.9 Å². The molecule has 2 amide bonds. The number of hydrogen-bond acceptors (Lipinski definition) is 5. The molecule has 1 saturated heterocycles. The molecule has 1 N–H and O–H groups in total. The first-order valence-electron chi connectivity index (χ1n) is 10.1. The summed E-state index contributed by atoms with van der Waals surface area (Å²) in [4.78, 5) is 29.0. The lowest BCUT2D eigenvalue weighted by Gasteiger charge is -2.31. The second-order valence-electron chi connectivity index (χ2n) is 8.27. The van der Waals surface area contributed by atoms with Crippen LogP contribution in [0.2, 0.25) is 0 Å². The minimum atomic E-state index is -0.593. The van der Waals surface area contributed by atoms with E-state index < -0.39 is 6.10 Å². The zero-order valence-electron chi connectivity index (χ0n) is 17.1. The van der Waals surface area contributed by atoms with Crippen LogP contribution >= 0.6 is 0 Å². The zero-order chi connectivity index (χ0) is 20.7. The molecule has 0 aliphatic carbocycles. The second-order valence-corrected chi connectivity index (χ2v) is 8.27. The Kier molecular flexibility index (Phi) is 5.12. The Morgan fingerprint density at radius 3 is 2.72 bits per heavy atom. The van der Waals surface area contributed by atoms with Gasteiger partial charge < -0.3 is 19.5 Å². The molecule has 3 heterocycles. The molecule has 1 fully saturated rings. The highest BCUT2D eigenvalue weighted by Crippen LogP contribution is 2.33. The number of β-amino-alcohol motifs (C(OH)–C–C–N with tert-alkyl or cyclic N) is 1. The van der Waals surface area contributed by atoms with E-state index >= 15 is 0 Å². The predicted molar refractivity (Wildman–Crippen MR) is 106 cm³/mol. The number of rotatable bonds is 3. The largest absolute Gasteiger partial charge is 0.391 e. The molecule has 1 aromatic heterocycles. The van der Waals surface area contributed by atoms with Crippen LogP contribution in [0.4, 0.5) is 0 Å². The van der Waals surface area contributed by atoms with Crippen LogP contribution in [-0.4, -0.2) is 60.7 Å². The summed E-state index contributed by atoms with van der Waals surface area (Å²) >= 11 is 0. The van der Waals surface area contributed by atoms with Gasteiger partial charge >= 0.3 is 0 Å². The number of nitrogens with zero attached hydrogens (tertiary/aromatic N) is 5. The Labute approximate surface area is 170 Å². The first kappa shape index (κ1) is 19.6. The van der Waals surface area contributed by atoms with Gasteiger partial charge in [-0.2, -0.15) is 0 Å². The fourth-order valence-electron chi connectivity index (χ4n) is 4.21. The molecule has 4 rings (SSSR count). The van der Waals surface area contributed by atoms with Crippen molar-refractivity contribution in [3.63, 3.8) is 0 Å². The van der Waals surface area contributed by atoms with E-state index in [0.717, 1.165) is 11.4 Å². The number of fused-ring (bicyclic) bond motifs is 1. The molecule has 29 heavy (non-hydrogen) atoms. The highest BCUT2D eigenvalue weighted by atomic mass is 16.3. The molecule has 0 saturated carbocycles. The summed E-state index contributed by atoms with van der Waals surface area (Å²) < 4.78 is 2.00. The van der Waals surface area contributed by atoms with Gasteiger partial charge in [-0.15, -0.1) is 10.2 Å². The SMILES string of the molecule is Cc1cccc(C(=O)N2C[C@@H](O)C[C@H]2c2nnc3n2CCN(C(=O)C(C)C)C3)c1. The third kappa shape index (κ3) is 3.64. The number of aliphatic hydroxyl groups excluding tert-OH is 1. The lowest BCUT2D eigenvalue weighted by Crippen LogP contribution is -2.41. The van der Waals surface area contributed by atoms with E-state index in [4.69, 9.17) is 0 Å². The first-order valence-corrected chi connectivity index (χ1v) is 10.1. The molecule has 0 spiro atoms. The molecular weight excluding hydrogens is 370 g/mol. The topological polar surface area (TPSA) is 91.6 Å². The standard InChI is InChI=1S/C21H27N5O3/c1-13(2)20(28)24-7-8-25-18(12-24)22-23-19(25)17-10-16(27)11-26(17)21(29)15-6-4-5-14(3)9-15/h4-6,9,13,16-17,27H,7-8,10-12H2,1-3H3/t16-,17-/m0/s1. The summed E-state index contributed by atoms with van der Waals surface area (Å²) in [6.45, 7) is 7.61. The highest BCUT2D eigenvalue weighted by molar-refractivity contribution is 5.94. The van der Waals surface area contributed by atoms with E-state index in [0.29, 0.717) is 37.4 Å². The fraction of sp³-hybridized carbons (Fsp3) is 0.524. The van der Waals surface area contributed by atoms with E-state index in [-0.39, 0.29) is 30.3 Å². The van der Waals surface area contributed by atoms with Crippen molar-refractivity contribution in [1.29, 1.82) is 0 Å². The maximum absolute atomic E-state index is 13.1. The maximum Gasteiger partial charge on any atom is 0.254 e. The van der Waals surface area contributed by atoms with Gasteiger partial charge in [0.1, 0.15) is 0 Å². The van der Waals surface area contributed by atoms with Gasteiger partial charge in [-0.25, -0.2) is 0 Å². The molecule has 2 aliphatic rings. The van der Waals surface area contributed by atoms with E-state index in [2.05, 4.69) is 10.2 Å². The Morgan fingerprint density at radius 2 is 2.00 bits per heavy atom. The average Bonchev–Trinajstić information content (AvgIpc) is 3.29. The molecule has 0 radical (unpaired) electrons. The summed E-state index contributed by atoms with van der Waals surface area (Å²) in [5.74, 6) is 1.35. The minimum absolute atomic E-state index is 0.0589. The summed E-state index contributed by atoms with van der Waals surface area (Å²) in [6, 6.07) is 7.15. The molecule has 2 aromatic rings. The molecule has 0 unspecified atom stereocenters. The van der Waals surface area contributed by atoms with Crippen LogP contribution < -0.4 is 0 Å². The molecule has 2 aliphatic heterocycles. The van der Waals surface area contributed by atoms with Gasteiger partial charge in [-0.3, -0.25) is 9.59 Å². The van der Waals surface area contributed by atoms with Crippen LogP contribution in [0.5, 0.6) is 0 Å². The second kappa shape index (κ2) is 7.59. The molecule has 0 bridgehead atoms. The van der Waals surface area contributed by atoms with Crippen molar-refractivity contribution >= 4 is 11.8 Å². The van der Waals surface area contributed by atoms with Gasteiger partial charge in [0, 0.05) is 37.5 Å². The van der Waals surface area contributed by atoms with E-state index in [9.17, 15) is 14.7 Å². The molecule has 154 valence electrons. The van der Waals surface area contributed by atoms with Crippen molar-refractivity contribution in [3.05, 3.63) is 47.0 Å². The third-order valence-corrected chi connectivity index (χ3v) is 5.69. The van der Waals surface area contributed by atoms with Crippen molar-refractivity contribution in [2.75, 3.05) is 13.1 Å². The van der Waals surface area contributed by atoms with Crippen LogP contribution in [0.15, 0.2) is 24.3 Å². The summed E-state index contributed by atoms with van der Waals surface area (Å²) in [5.41, 5.74) is 1.62. The number of aromatic nitrogens is 3. The van der Waals surface area contributed by atoms with Crippen molar-refractivity contribution < 1.29 is 14.7 Å².